The van der Waals surface area contributed by atoms with Crippen LogP contribution in [0.25, 0.3) is 0 Å². The van der Waals surface area contributed by atoms with E-state index in [1.165, 1.54) is 6.42 Å². The molecule has 0 bridgehead atoms. The molecule has 118 valence electrons. The predicted molar refractivity (Wildman–Crippen MR) is 85.3 cm³/mol. The minimum absolute atomic E-state index is 0. The fourth-order valence-corrected chi connectivity index (χ4v) is 3.93. The molecule has 0 aromatic heterocycles. The number of nitrogens with one attached hydrogen (secondary N) is 1. The summed E-state index contributed by atoms with van der Waals surface area (Å²) >= 11 is 0. The molecule has 2 fully saturated rings. The first-order valence-electron chi connectivity index (χ1n) is 7.49. The molecule has 2 heterocycles. The maximum atomic E-state index is 12.4. The smallest absolute Gasteiger partial charge is 0.237 e. The van der Waals surface area contributed by atoms with Gasteiger partial charge in [-0.2, -0.15) is 0 Å². The Bertz CT molecular complexity index is 351. The molecule has 0 spiro atoms. The van der Waals surface area contributed by atoms with E-state index in [-0.39, 0.29) is 29.9 Å². The van der Waals surface area contributed by atoms with Crippen molar-refractivity contribution in [2.75, 3.05) is 32.7 Å². The number of nitrogens with zero attached hydrogens (tertiary/aromatic N) is 2. The lowest BCUT2D eigenvalue weighted by Gasteiger charge is -2.50. The lowest BCUT2D eigenvalue weighted by molar-refractivity contribution is -0.148. The van der Waals surface area contributed by atoms with Gasteiger partial charge in [0.15, 0.2) is 0 Å². The average molecular weight is 304 g/mol. The standard InChI is InChI=1S/C15H29N3O.ClH/c1-12(2)18-13(19)8-17(10-14(18,3)4)11-15(5)6-7-16-9-15;/h12,16H,6-11H2,1-5H3;1H. The molecule has 2 aliphatic rings. The third kappa shape index (κ3) is 3.66. The van der Waals surface area contributed by atoms with E-state index < -0.39 is 0 Å². The summed E-state index contributed by atoms with van der Waals surface area (Å²) in [5.74, 6) is 0.279. The molecule has 0 aliphatic carbocycles. The molecule has 1 atom stereocenters. The van der Waals surface area contributed by atoms with Crippen molar-refractivity contribution in [2.45, 2.75) is 52.6 Å². The van der Waals surface area contributed by atoms with E-state index in [0.29, 0.717) is 12.0 Å². The van der Waals surface area contributed by atoms with E-state index in [1.54, 1.807) is 0 Å². The molecule has 4 nitrogen and oxygen atoms in total. The first-order chi connectivity index (χ1) is 8.73. The summed E-state index contributed by atoms with van der Waals surface area (Å²) in [6.45, 7) is 15.7. The lowest BCUT2D eigenvalue weighted by Crippen LogP contribution is -2.64. The van der Waals surface area contributed by atoms with Crippen molar-refractivity contribution >= 4 is 18.3 Å². The molecular weight excluding hydrogens is 274 g/mol. The van der Waals surface area contributed by atoms with Crippen LogP contribution in [-0.2, 0) is 4.79 Å². The van der Waals surface area contributed by atoms with Crippen LogP contribution in [0.5, 0.6) is 0 Å². The maximum absolute atomic E-state index is 12.4. The van der Waals surface area contributed by atoms with Crippen molar-refractivity contribution in [3.63, 3.8) is 0 Å². The molecule has 2 aliphatic heterocycles. The molecule has 0 aromatic rings. The molecular formula is C15H30ClN3O. The molecule has 0 radical (unpaired) electrons. The van der Waals surface area contributed by atoms with Gasteiger partial charge < -0.3 is 10.2 Å². The van der Waals surface area contributed by atoms with Gasteiger partial charge >= 0.3 is 0 Å². The maximum Gasteiger partial charge on any atom is 0.237 e. The van der Waals surface area contributed by atoms with Crippen LogP contribution in [0.2, 0.25) is 0 Å². The molecule has 2 rings (SSSR count). The van der Waals surface area contributed by atoms with Gasteiger partial charge in [-0.05, 0) is 46.1 Å². The number of carbonyl (C=O) groups is 1. The lowest BCUT2D eigenvalue weighted by atomic mass is 9.87. The summed E-state index contributed by atoms with van der Waals surface area (Å²) in [7, 11) is 0. The Hall–Kier alpha value is -0.320. The highest BCUT2D eigenvalue weighted by Crippen LogP contribution is 2.30. The Balaban J connectivity index is 0.00000200. The van der Waals surface area contributed by atoms with Crippen LogP contribution in [0.3, 0.4) is 0 Å². The summed E-state index contributed by atoms with van der Waals surface area (Å²) in [6, 6.07) is 0.286. The van der Waals surface area contributed by atoms with Crippen LogP contribution in [0.4, 0.5) is 0 Å². The topological polar surface area (TPSA) is 35.6 Å². The fraction of sp³-hybridized carbons (Fsp3) is 0.933. The SMILES string of the molecule is CC(C)N1C(=O)CN(CC2(C)CCNC2)CC1(C)C.Cl. The van der Waals surface area contributed by atoms with Crippen molar-refractivity contribution in [2.24, 2.45) is 5.41 Å². The third-order valence-corrected chi connectivity index (χ3v) is 4.47. The van der Waals surface area contributed by atoms with E-state index in [9.17, 15) is 4.79 Å². The highest BCUT2D eigenvalue weighted by Gasteiger charge is 2.42. The second-order valence-corrected chi connectivity index (χ2v) is 7.55. The molecule has 1 N–H and O–H groups in total. The zero-order valence-corrected chi connectivity index (χ0v) is 14.3. The van der Waals surface area contributed by atoms with E-state index in [0.717, 1.165) is 26.2 Å². The summed E-state index contributed by atoms with van der Waals surface area (Å²) in [5, 5.41) is 3.44. The number of piperazine rings is 1. The third-order valence-electron chi connectivity index (χ3n) is 4.47. The van der Waals surface area contributed by atoms with Gasteiger partial charge in [0, 0.05) is 25.7 Å². The number of hydrogen-bond acceptors (Lipinski definition) is 3. The average Bonchev–Trinajstić information content (AvgIpc) is 2.60. The van der Waals surface area contributed by atoms with Crippen LogP contribution in [0.15, 0.2) is 0 Å². The second-order valence-electron chi connectivity index (χ2n) is 7.55. The van der Waals surface area contributed by atoms with Gasteiger partial charge in [0.1, 0.15) is 0 Å². The first-order valence-corrected chi connectivity index (χ1v) is 7.49. The van der Waals surface area contributed by atoms with Crippen LogP contribution < -0.4 is 5.32 Å². The molecule has 1 unspecified atom stereocenters. The minimum atomic E-state index is -0.0636. The van der Waals surface area contributed by atoms with E-state index >= 15 is 0 Å². The Kier molecular flexibility index (Phi) is 5.50. The van der Waals surface area contributed by atoms with Crippen LogP contribution in [0, 0.1) is 5.41 Å². The number of amides is 1. The largest absolute Gasteiger partial charge is 0.333 e. The predicted octanol–water partition coefficient (Wildman–Crippen LogP) is 1.74. The molecule has 5 heteroatoms. The van der Waals surface area contributed by atoms with E-state index in [4.69, 9.17) is 0 Å². The van der Waals surface area contributed by atoms with Crippen molar-refractivity contribution in [3.05, 3.63) is 0 Å². The van der Waals surface area contributed by atoms with Gasteiger partial charge in [-0.25, -0.2) is 0 Å². The van der Waals surface area contributed by atoms with Crippen LogP contribution in [0.1, 0.15) is 41.0 Å². The van der Waals surface area contributed by atoms with Crippen molar-refractivity contribution in [1.82, 2.24) is 15.1 Å². The Morgan fingerprint density at radius 2 is 1.95 bits per heavy atom. The zero-order chi connectivity index (χ0) is 14.3. The highest BCUT2D eigenvalue weighted by atomic mass is 35.5. The molecule has 1 amide bonds. The molecule has 0 saturated carbocycles. The Morgan fingerprint density at radius 1 is 1.30 bits per heavy atom. The van der Waals surface area contributed by atoms with Crippen LogP contribution in [-0.4, -0.2) is 60.0 Å². The molecule has 20 heavy (non-hydrogen) atoms. The molecule has 2 saturated heterocycles. The van der Waals surface area contributed by atoms with Gasteiger partial charge in [-0.15, -0.1) is 12.4 Å². The van der Waals surface area contributed by atoms with Crippen molar-refractivity contribution in [1.29, 1.82) is 0 Å². The van der Waals surface area contributed by atoms with Gasteiger partial charge in [-0.3, -0.25) is 9.69 Å². The fourth-order valence-electron chi connectivity index (χ4n) is 3.93. The summed E-state index contributed by atoms with van der Waals surface area (Å²) in [5.41, 5.74) is 0.266. The number of rotatable bonds is 3. The summed E-state index contributed by atoms with van der Waals surface area (Å²) in [6.07, 6.45) is 1.21. The highest BCUT2D eigenvalue weighted by molar-refractivity contribution is 5.85. The van der Waals surface area contributed by atoms with E-state index in [1.807, 2.05) is 0 Å². The van der Waals surface area contributed by atoms with Crippen molar-refractivity contribution in [3.8, 4) is 0 Å². The first kappa shape index (κ1) is 17.7. The normalized spacial score (nSPS) is 30.7. The van der Waals surface area contributed by atoms with Gasteiger partial charge in [0.2, 0.25) is 5.91 Å². The summed E-state index contributed by atoms with van der Waals surface area (Å²) in [4.78, 5) is 16.8. The summed E-state index contributed by atoms with van der Waals surface area (Å²) < 4.78 is 0. The Labute approximate surface area is 129 Å². The number of halogens is 1. The molecule has 0 aromatic carbocycles. The second kappa shape index (κ2) is 6.20. The number of hydrogen-bond donors (Lipinski definition) is 1. The minimum Gasteiger partial charge on any atom is -0.333 e. The quantitative estimate of drug-likeness (QED) is 0.863. The Morgan fingerprint density at radius 3 is 2.40 bits per heavy atom. The van der Waals surface area contributed by atoms with Gasteiger partial charge in [-0.1, -0.05) is 6.92 Å². The monoisotopic (exact) mass is 303 g/mol. The van der Waals surface area contributed by atoms with E-state index in [2.05, 4.69) is 49.7 Å². The number of carbonyl (C=O) groups excluding carboxylic acids is 1. The van der Waals surface area contributed by atoms with Gasteiger partial charge in [0.25, 0.3) is 0 Å². The van der Waals surface area contributed by atoms with Crippen molar-refractivity contribution < 1.29 is 4.79 Å². The zero-order valence-electron chi connectivity index (χ0n) is 13.5. The van der Waals surface area contributed by atoms with Gasteiger partial charge in [0.05, 0.1) is 12.1 Å². The van der Waals surface area contributed by atoms with Crippen LogP contribution >= 0.6 is 12.4 Å².